The Bertz CT molecular complexity index is 742. The van der Waals surface area contributed by atoms with Crippen LogP contribution in [0.4, 0.5) is 0 Å². The van der Waals surface area contributed by atoms with Gasteiger partial charge in [0.25, 0.3) is 0 Å². The second-order valence-electron chi connectivity index (χ2n) is 5.86. The van der Waals surface area contributed by atoms with Gasteiger partial charge in [0, 0.05) is 43.4 Å². The molecule has 0 atom stereocenters. The second-order valence-corrected chi connectivity index (χ2v) is 5.86. The van der Waals surface area contributed by atoms with Gasteiger partial charge < -0.3 is 5.32 Å². The second kappa shape index (κ2) is 8.35. The van der Waals surface area contributed by atoms with Crippen LogP contribution in [-0.4, -0.2) is 45.5 Å². The molecule has 0 aliphatic carbocycles. The van der Waals surface area contributed by atoms with Crippen LogP contribution in [-0.2, 0) is 17.9 Å². The van der Waals surface area contributed by atoms with E-state index in [9.17, 15) is 9.59 Å². The van der Waals surface area contributed by atoms with Gasteiger partial charge in [0.2, 0.25) is 5.91 Å². The number of carbonyl (C=O) groups excluding carboxylic acids is 1. The molecule has 7 heteroatoms. The lowest BCUT2D eigenvalue weighted by Crippen LogP contribution is -2.38. The first kappa shape index (κ1) is 17.8. The minimum absolute atomic E-state index is 0.0767. The van der Waals surface area contributed by atoms with Crippen molar-refractivity contribution in [1.29, 1.82) is 0 Å². The summed E-state index contributed by atoms with van der Waals surface area (Å²) in [5, 5.41) is 2.83. The van der Waals surface area contributed by atoms with E-state index in [1.165, 1.54) is 0 Å². The summed E-state index contributed by atoms with van der Waals surface area (Å²) in [6.45, 7) is 5.40. The summed E-state index contributed by atoms with van der Waals surface area (Å²) in [5.41, 5.74) is 2.32. The predicted molar refractivity (Wildman–Crippen MR) is 91.6 cm³/mol. The average Bonchev–Trinajstić information content (AvgIpc) is 2.50. The molecule has 0 bridgehead atoms. The maximum Gasteiger partial charge on any atom is 0.348 e. The molecular formula is C17H23N5O2. The lowest BCUT2D eigenvalue weighted by atomic mass is 10.3. The molecule has 0 aliphatic heterocycles. The quantitative estimate of drug-likeness (QED) is 0.800. The number of pyridine rings is 1. The molecule has 0 fully saturated rings. The van der Waals surface area contributed by atoms with Gasteiger partial charge in [0.1, 0.15) is 0 Å². The number of nitrogens with zero attached hydrogens (tertiary/aromatic N) is 4. The van der Waals surface area contributed by atoms with Gasteiger partial charge in [-0.25, -0.2) is 4.79 Å². The minimum atomic E-state index is -0.282. The van der Waals surface area contributed by atoms with Crippen molar-refractivity contribution in [3.63, 3.8) is 0 Å². The molecule has 1 amide bonds. The van der Waals surface area contributed by atoms with Crippen LogP contribution in [0.25, 0.3) is 0 Å². The van der Waals surface area contributed by atoms with Crippen LogP contribution < -0.4 is 11.0 Å². The Morgan fingerprint density at radius 1 is 1.38 bits per heavy atom. The molecule has 2 rings (SSSR count). The van der Waals surface area contributed by atoms with Crippen molar-refractivity contribution >= 4 is 5.91 Å². The van der Waals surface area contributed by atoms with E-state index >= 15 is 0 Å². The molecule has 0 saturated heterocycles. The van der Waals surface area contributed by atoms with Crippen molar-refractivity contribution in [2.24, 2.45) is 0 Å². The molecule has 0 aliphatic rings. The van der Waals surface area contributed by atoms with Crippen molar-refractivity contribution in [2.45, 2.75) is 26.9 Å². The summed E-state index contributed by atoms with van der Waals surface area (Å²) in [6.07, 6.45) is 3.51. The number of carbonyl (C=O) groups is 1. The van der Waals surface area contributed by atoms with Crippen LogP contribution >= 0.6 is 0 Å². The van der Waals surface area contributed by atoms with Gasteiger partial charge in [-0.15, -0.1) is 0 Å². The number of rotatable bonds is 7. The first-order valence-corrected chi connectivity index (χ1v) is 7.85. The van der Waals surface area contributed by atoms with E-state index in [1.807, 2.05) is 37.1 Å². The van der Waals surface area contributed by atoms with E-state index in [1.54, 1.807) is 23.9 Å². The summed E-state index contributed by atoms with van der Waals surface area (Å²) < 4.78 is 1.56. The highest BCUT2D eigenvalue weighted by Crippen LogP contribution is 2.00. The van der Waals surface area contributed by atoms with Crippen LogP contribution in [0, 0.1) is 13.8 Å². The number of nitrogens with one attached hydrogen (secondary N) is 1. The molecular weight excluding hydrogens is 306 g/mol. The van der Waals surface area contributed by atoms with Gasteiger partial charge in [-0.05, 0) is 38.6 Å². The fraction of sp³-hybridized carbons (Fsp3) is 0.412. The van der Waals surface area contributed by atoms with Gasteiger partial charge >= 0.3 is 5.69 Å². The topological polar surface area (TPSA) is 80.1 Å². The third kappa shape index (κ3) is 5.27. The van der Waals surface area contributed by atoms with E-state index in [2.05, 4.69) is 15.3 Å². The van der Waals surface area contributed by atoms with Crippen LogP contribution in [0.15, 0.2) is 35.4 Å². The third-order valence-electron chi connectivity index (χ3n) is 3.59. The fourth-order valence-corrected chi connectivity index (χ4v) is 2.51. The third-order valence-corrected chi connectivity index (χ3v) is 3.59. The van der Waals surface area contributed by atoms with E-state index < -0.39 is 0 Å². The zero-order chi connectivity index (χ0) is 17.5. The number of aryl methyl sites for hydroxylation is 2. The largest absolute Gasteiger partial charge is 0.353 e. The van der Waals surface area contributed by atoms with Crippen LogP contribution in [0.1, 0.15) is 17.0 Å². The first-order valence-electron chi connectivity index (χ1n) is 7.85. The van der Waals surface area contributed by atoms with Gasteiger partial charge in [-0.2, -0.15) is 4.98 Å². The molecule has 2 heterocycles. The summed E-state index contributed by atoms with van der Waals surface area (Å²) in [7, 11) is 1.88. The van der Waals surface area contributed by atoms with Gasteiger partial charge in [0.05, 0.1) is 6.54 Å². The Morgan fingerprint density at radius 3 is 2.83 bits per heavy atom. The molecule has 0 radical (unpaired) electrons. The molecule has 2 aromatic heterocycles. The number of amides is 1. The lowest BCUT2D eigenvalue weighted by molar-refractivity contribution is -0.122. The van der Waals surface area contributed by atoms with E-state index in [0.29, 0.717) is 25.3 Å². The Labute approximate surface area is 141 Å². The molecule has 0 unspecified atom stereocenters. The highest BCUT2D eigenvalue weighted by atomic mass is 16.2. The molecule has 2 aromatic rings. The minimum Gasteiger partial charge on any atom is -0.353 e. The Morgan fingerprint density at radius 2 is 2.17 bits per heavy atom. The van der Waals surface area contributed by atoms with E-state index in [4.69, 9.17) is 0 Å². The van der Waals surface area contributed by atoms with Crippen LogP contribution in [0.5, 0.6) is 0 Å². The monoisotopic (exact) mass is 329 g/mol. The molecule has 128 valence electrons. The maximum atomic E-state index is 12.0. The SMILES string of the molecule is Cc1cc(C)n(CCNC(=O)CN(C)Cc2cccnc2)c(=O)n1. The molecule has 0 spiro atoms. The van der Waals surface area contributed by atoms with Crippen molar-refractivity contribution in [3.05, 3.63) is 58.0 Å². The van der Waals surface area contributed by atoms with E-state index in [-0.39, 0.29) is 18.1 Å². The highest BCUT2D eigenvalue weighted by Gasteiger charge is 2.08. The molecule has 24 heavy (non-hydrogen) atoms. The van der Waals surface area contributed by atoms with Crippen molar-refractivity contribution in [3.8, 4) is 0 Å². The van der Waals surface area contributed by atoms with Crippen molar-refractivity contribution in [1.82, 2.24) is 24.8 Å². The van der Waals surface area contributed by atoms with Crippen molar-refractivity contribution in [2.75, 3.05) is 20.1 Å². The van der Waals surface area contributed by atoms with Crippen molar-refractivity contribution < 1.29 is 4.79 Å². The smallest absolute Gasteiger partial charge is 0.348 e. The van der Waals surface area contributed by atoms with Crippen LogP contribution in [0.3, 0.4) is 0 Å². The highest BCUT2D eigenvalue weighted by molar-refractivity contribution is 5.77. The number of hydrogen-bond donors (Lipinski definition) is 1. The summed E-state index contributed by atoms with van der Waals surface area (Å²) in [5.74, 6) is -0.0767. The average molecular weight is 329 g/mol. The predicted octanol–water partition coefficient (Wildman–Crippen LogP) is 0.503. The molecule has 0 saturated carbocycles. The maximum absolute atomic E-state index is 12.0. The zero-order valence-corrected chi connectivity index (χ0v) is 14.3. The lowest BCUT2D eigenvalue weighted by Gasteiger charge is -2.16. The summed E-state index contributed by atoms with van der Waals surface area (Å²) in [4.78, 5) is 33.7. The Hall–Kier alpha value is -2.54. The summed E-state index contributed by atoms with van der Waals surface area (Å²) >= 11 is 0. The zero-order valence-electron chi connectivity index (χ0n) is 14.3. The van der Waals surface area contributed by atoms with Gasteiger partial charge in [-0.1, -0.05) is 6.07 Å². The summed E-state index contributed by atoms with van der Waals surface area (Å²) in [6, 6.07) is 5.70. The standard InChI is InChI=1S/C17H23N5O2/c1-13-9-14(2)22(17(24)20-13)8-7-19-16(23)12-21(3)11-15-5-4-6-18-10-15/h4-6,9-10H,7-8,11-12H2,1-3H3,(H,19,23). The number of likely N-dealkylation sites (N-methyl/N-ethyl adjacent to an activating group) is 1. The van der Waals surface area contributed by atoms with Gasteiger partial charge in [0.15, 0.2) is 0 Å². The first-order chi connectivity index (χ1) is 11.5. The molecule has 1 N–H and O–H groups in total. The molecule has 7 nitrogen and oxygen atoms in total. The normalized spacial score (nSPS) is 10.8. The van der Waals surface area contributed by atoms with Gasteiger partial charge in [-0.3, -0.25) is 19.2 Å². The fourth-order valence-electron chi connectivity index (χ4n) is 2.51. The number of aromatic nitrogens is 3. The Kier molecular flexibility index (Phi) is 6.20. The molecule has 0 aromatic carbocycles. The number of hydrogen-bond acceptors (Lipinski definition) is 5. The van der Waals surface area contributed by atoms with Crippen LogP contribution in [0.2, 0.25) is 0 Å². The Balaban J connectivity index is 1.78. The van der Waals surface area contributed by atoms with E-state index in [0.717, 1.165) is 11.3 Å².